The van der Waals surface area contributed by atoms with E-state index in [-0.39, 0.29) is 26.4 Å². The number of methoxy groups -OCH3 is 2. The number of halogens is 1. The minimum absolute atomic E-state index is 0.0280. The normalized spacial score (nSPS) is 11.0. The zero-order valence-electron chi connectivity index (χ0n) is 13.7. The summed E-state index contributed by atoms with van der Waals surface area (Å²) in [4.78, 5) is 11.3. The monoisotopic (exact) mass is 429 g/mol. The number of ether oxygens (including phenoxy) is 2. The van der Waals surface area contributed by atoms with E-state index in [0.29, 0.717) is 11.3 Å². The Morgan fingerprint density at radius 1 is 1.12 bits per heavy atom. The SMILES string of the molecule is COc1cc(Br)c(S(=O)(=O)Nc2ccc(C)cc2C(=O)O)cc1OC. The van der Waals surface area contributed by atoms with Crippen LogP contribution >= 0.6 is 15.9 Å². The molecule has 9 heteroatoms. The summed E-state index contributed by atoms with van der Waals surface area (Å²) in [5.41, 5.74) is 0.535. The van der Waals surface area contributed by atoms with E-state index in [2.05, 4.69) is 20.7 Å². The average molecular weight is 430 g/mol. The lowest BCUT2D eigenvalue weighted by atomic mass is 10.1. The van der Waals surface area contributed by atoms with E-state index in [4.69, 9.17) is 9.47 Å². The topological polar surface area (TPSA) is 102 Å². The molecule has 2 aromatic rings. The van der Waals surface area contributed by atoms with Crippen molar-refractivity contribution in [2.45, 2.75) is 11.8 Å². The average Bonchev–Trinajstić information content (AvgIpc) is 2.55. The van der Waals surface area contributed by atoms with Crippen molar-refractivity contribution < 1.29 is 27.8 Å². The largest absolute Gasteiger partial charge is 0.493 e. The molecule has 2 N–H and O–H groups in total. The maximum absolute atomic E-state index is 12.7. The molecule has 0 saturated heterocycles. The zero-order chi connectivity index (χ0) is 18.8. The van der Waals surface area contributed by atoms with Gasteiger partial charge in [0.25, 0.3) is 10.0 Å². The van der Waals surface area contributed by atoms with Gasteiger partial charge >= 0.3 is 5.97 Å². The van der Waals surface area contributed by atoms with Gasteiger partial charge in [-0.05, 0) is 41.1 Å². The molecule has 7 nitrogen and oxygen atoms in total. The van der Waals surface area contributed by atoms with Gasteiger partial charge in [0.15, 0.2) is 11.5 Å². The maximum Gasteiger partial charge on any atom is 0.337 e. The number of rotatable bonds is 6. The molecule has 0 bridgehead atoms. The fraction of sp³-hybridized carbons (Fsp3) is 0.188. The molecule has 2 aromatic carbocycles. The molecule has 0 fully saturated rings. The molecule has 0 aliphatic rings. The van der Waals surface area contributed by atoms with Crippen molar-refractivity contribution in [2.75, 3.05) is 18.9 Å². The van der Waals surface area contributed by atoms with Gasteiger partial charge in [0.05, 0.1) is 25.5 Å². The fourth-order valence-electron chi connectivity index (χ4n) is 2.17. The summed E-state index contributed by atoms with van der Waals surface area (Å²) in [7, 11) is -1.25. The van der Waals surface area contributed by atoms with Gasteiger partial charge in [0, 0.05) is 10.5 Å². The van der Waals surface area contributed by atoms with Crippen molar-refractivity contribution in [3.8, 4) is 11.5 Å². The Bertz CT molecular complexity index is 926. The van der Waals surface area contributed by atoms with Gasteiger partial charge in [0.1, 0.15) is 4.90 Å². The van der Waals surface area contributed by atoms with Crippen LogP contribution in [-0.2, 0) is 10.0 Å². The minimum atomic E-state index is -4.07. The Hall–Kier alpha value is -2.26. The van der Waals surface area contributed by atoms with Crippen LogP contribution in [0.2, 0.25) is 0 Å². The standard InChI is InChI=1S/C16H16BrNO6S/c1-9-4-5-12(10(6-9)16(19)20)18-25(21,22)15-8-14(24-3)13(23-2)7-11(15)17/h4-8,18H,1-3H3,(H,19,20). The number of carbonyl (C=O) groups is 1. The molecule has 0 aliphatic heterocycles. The molecule has 0 heterocycles. The first kappa shape index (κ1) is 19.1. The van der Waals surface area contributed by atoms with Gasteiger partial charge < -0.3 is 14.6 Å². The van der Waals surface area contributed by atoms with E-state index in [1.807, 2.05) is 0 Å². The first-order valence-electron chi connectivity index (χ1n) is 6.98. The highest BCUT2D eigenvalue weighted by molar-refractivity contribution is 9.10. The Kier molecular flexibility index (Phi) is 5.58. The van der Waals surface area contributed by atoms with Crippen molar-refractivity contribution in [3.05, 3.63) is 45.9 Å². The molecule has 0 saturated carbocycles. The van der Waals surface area contributed by atoms with Crippen LogP contribution in [-0.4, -0.2) is 33.7 Å². The molecule has 0 aromatic heterocycles. The van der Waals surface area contributed by atoms with E-state index in [9.17, 15) is 18.3 Å². The number of carboxylic acid groups (broad SMARTS) is 1. The van der Waals surface area contributed by atoms with E-state index in [1.165, 1.54) is 38.5 Å². The number of carboxylic acids is 1. The lowest BCUT2D eigenvalue weighted by Crippen LogP contribution is -2.16. The second kappa shape index (κ2) is 7.32. The van der Waals surface area contributed by atoms with Gasteiger partial charge in [-0.3, -0.25) is 4.72 Å². The van der Waals surface area contributed by atoms with Crippen molar-refractivity contribution in [1.29, 1.82) is 0 Å². The first-order chi connectivity index (χ1) is 11.7. The number of benzene rings is 2. The predicted molar refractivity (Wildman–Crippen MR) is 96.2 cm³/mol. The Morgan fingerprint density at radius 2 is 1.72 bits per heavy atom. The molecule has 0 amide bonds. The van der Waals surface area contributed by atoms with E-state index in [1.54, 1.807) is 13.0 Å². The van der Waals surface area contributed by atoms with Crippen molar-refractivity contribution >= 4 is 37.6 Å². The fourth-order valence-corrected chi connectivity index (χ4v) is 4.28. The number of aryl methyl sites for hydroxylation is 1. The van der Waals surface area contributed by atoms with Gasteiger partial charge in [0.2, 0.25) is 0 Å². The van der Waals surface area contributed by atoms with Crippen LogP contribution in [0, 0.1) is 6.92 Å². The summed E-state index contributed by atoms with van der Waals surface area (Å²) in [6, 6.07) is 7.17. The summed E-state index contributed by atoms with van der Waals surface area (Å²) < 4.78 is 38.2. The number of nitrogens with one attached hydrogen (secondary N) is 1. The Labute approximate surface area is 153 Å². The number of aromatic carboxylic acids is 1. The van der Waals surface area contributed by atoms with Crippen LogP contribution < -0.4 is 14.2 Å². The van der Waals surface area contributed by atoms with Gasteiger partial charge in [-0.25, -0.2) is 13.2 Å². The first-order valence-corrected chi connectivity index (χ1v) is 9.25. The lowest BCUT2D eigenvalue weighted by molar-refractivity contribution is 0.0698. The van der Waals surface area contributed by atoms with Crippen molar-refractivity contribution in [1.82, 2.24) is 0 Å². The maximum atomic E-state index is 12.7. The van der Waals surface area contributed by atoms with E-state index >= 15 is 0 Å². The number of sulfonamides is 1. The van der Waals surface area contributed by atoms with Crippen LogP contribution in [0.1, 0.15) is 15.9 Å². The van der Waals surface area contributed by atoms with E-state index < -0.39 is 16.0 Å². The van der Waals surface area contributed by atoms with Crippen LogP contribution in [0.3, 0.4) is 0 Å². The molecule has 0 spiro atoms. The molecule has 0 radical (unpaired) electrons. The molecule has 0 aliphatic carbocycles. The summed E-state index contributed by atoms with van der Waals surface area (Å²) in [6.07, 6.45) is 0. The molecule has 2 rings (SSSR count). The second-order valence-corrected chi connectivity index (χ2v) is 7.60. The molecule has 134 valence electrons. The van der Waals surface area contributed by atoms with Crippen molar-refractivity contribution in [2.24, 2.45) is 0 Å². The van der Waals surface area contributed by atoms with Gasteiger partial charge in [-0.1, -0.05) is 11.6 Å². The Morgan fingerprint density at radius 3 is 2.28 bits per heavy atom. The molecular weight excluding hydrogens is 414 g/mol. The third-order valence-corrected chi connectivity index (χ3v) is 5.70. The third-order valence-electron chi connectivity index (χ3n) is 3.38. The molecular formula is C16H16BrNO6S. The molecule has 0 atom stereocenters. The zero-order valence-corrected chi connectivity index (χ0v) is 16.1. The third kappa shape index (κ3) is 4.05. The van der Waals surface area contributed by atoms with Crippen LogP contribution in [0.15, 0.2) is 39.7 Å². The summed E-state index contributed by atoms with van der Waals surface area (Å²) in [5, 5.41) is 9.28. The van der Waals surface area contributed by atoms with Gasteiger partial charge in [-0.2, -0.15) is 0 Å². The quantitative estimate of drug-likeness (QED) is 0.730. The smallest absolute Gasteiger partial charge is 0.337 e. The predicted octanol–water partition coefficient (Wildman–Crippen LogP) is 3.27. The number of hydrogen-bond acceptors (Lipinski definition) is 5. The van der Waals surface area contributed by atoms with Crippen molar-refractivity contribution in [3.63, 3.8) is 0 Å². The number of hydrogen-bond donors (Lipinski definition) is 2. The van der Waals surface area contributed by atoms with Crippen LogP contribution in [0.4, 0.5) is 5.69 Å². The highest BCUT2D eigenvalue weighted by Crippen LogP contribution is 2.36. The van der Waals surface area contributed by atoms with Crippen LogP contribution in [0.25, 0.3) is 0 Å². The summed E-state index contributed by atoms with van der Waals surface area (Å²) in [5.74, 6) is -0.642. The lowest BCUT2D eigenvalue weighted by Gasteiger charge is -2.15. The second-order valence-electron chi connectivity index (χ2n) is 5.10. The summed E-state index contributed by atoms with van der Waals surface area (Å²) >= 11 is 3.19. The van der Waals surface area contributed by atoms with Crippen LogP contribution in [0.5, 0.6) is 11.5 Å². The highest BCUT2D eigenvalue weighted by Gasteiger charge is 2.23. The number of anilines is 1. The molecule has 25 heavy (non-hydrogen) atoms. The highest BCUT2D eigenvalue weighted by atomic mass is 79.9. The Balaban J connectivity index is 2.53. The summed E-state index contributed by atoms with van der Waals surface area (Å²) in [6.45, 7) is 1.72. The minimum Gasteiger partial charge on any atom is -0.493 e. The molecule has 0 unspecified atom stereocenters. The van der Waals surface area contributed by atoms with Gasteiger partial charge in [-0.15, -0.1) is 0 Å². The van der Waals surface area contributed by atoms with E-state index in [0.717, 1.165) is 0 Å².